The number of hydrogen-bond acceptors (Lipinski definition) is 5. The Morgan fingerprint density at radius 2 is 1.71 bits per heavy atom. The van der Waals surface area contributed by atoms with Crippen LogP contribution in [0.2, 0.25) is 0 Å². The molecule has 0 aliphatic carbocycles. The summed E-state index contributed by atoms with van der Waals surface area (Å²) in [6, 6.07) is 13.1. The molecule has 2 rings (SSSR count). The van der Waals surface area contributed by atoms with Gasteiger partial charge in [-0.25, -0.2) is 8.42 Å². The van der Waals surface area contributed by atoms with E-state index in [4.69, 9.17) is 4.74 Å². The summed E-state index contributed by atoms with van der Waals surface area (Å²) in [5.41, 5.74) is 1.06. The number of rotatable bonds is 11. The van der Waals surface area contributed by atoms with E-state index in [1.54, 1.807) is 31.2 Å². The quantitative estimate of drug-likeness (QED) is 0.459. The van der Waals surface area contributed by atoms with E-state index < -0.39 is 28.5 Å². The number of nitrogens with zero attached hydrogens (tertiary/aromatic N) is 2. The van der Waals surface area contributed by atoms with Gasteiger partial charge in [-0.2, -0.15) is 0 Å². The Hall–Kier alpha value is -2.59. The molecule has 2 aromatic rings. The van der Waals surface area contributed by atoms with Gasteiger partial charge in [0.15, 0.2) is 0 Å². The molecule has 0 radical (unpaired) electrons. The standard InChI is InChI=1S/C24H32BrN3O5S/c1-6-17(2)26-24(30)18(3)27(15-19-11-13-20(25)14-12-19)23(29)16-28(34(5,31)32)21-9-7-8-10-22(21)33-4/h7-14,17-18H,6,15-16H2,1-5H3,(H,26,30)/t17-,18-/m0/s1. The van der Waals surface area contributed by atoms with Crippen molar-refractivity contribution in [2.24, 2.45) is 0 Å². The van der Waals surface area contributed by atoms with Crippen LogP contribution in [0.3, 0.4) is 0 Å². The Balaban J connectivity index is 2.41. The van der Waals surface area contributed by atoms with E-state index in [9.17, 15) is 18.0 Å². The molecule has 2 aromatic carbocycles. The predicted molar refractivity (Wildman–Crippen MR) is 137 cm³/mol. The maximum atomic E-state index is 13.5. The molecule has 186 valence electrons. The summed E-state index contributed by atoms with van der Waals surface area (Å²) < 4.78 is 32.5. The third-order valence-electron chi connectivity index (χ3n) is 5.47. The minimum absolute atomic E-state index is 0.0549. The van der Waals surface area contributed by atoms with Crippen molar-refractivity contribution in [2.45, 2.75) is 45.8 Å². The highest BCUT2D eigenvalue weighted by Crippen LogP contribution is 2.29. The molecular weight excluding hydrogens is 522 g/mol. The Morgan fingerprint density at radius 1 is 1.09 bits per heavy atom. The second-order valence-electron chi connectivity index (χ2n) is 8.08. The van der Waals surface area contributed by atoms with Crippen molar-refractivity contribution in [3.63, 3.8) is 0 Å². The lowest BCUT2D eigenvalue weighted by molar-refractivity contribution is -0.139. The Labute approximate surface area is 210 Å². The summed E-state index contributed by atoms with van der Waals surface area (Å²) in [5, 5.41) is 2.90. The number of nitrogens with one attached hydrogen (secondary N) is 1. The van der Waals surface area contributed by atoms with Crippen LogP contribution in [-0.2, 0) is 26.2 Å². The molecule has 0 saturated heterocycles. The second kappa shape index (κ2) is 12.2. The molecule has 0 saturated carbocycles. The number of anilines is 1. The first-order chi connectivity index (χ1) is 16.0. The van der Waals surface area contributed by atoms with Gasteiger partial charge in [0.1, 0.15) is 18.3 Å². The summed E-state index contributed by atoms with van der Waals surface area (Å²) in [5.74, 6) is -0.489. The van der Waals surface area contributed by atoms with Crippen molar-refractivity contribution in [3.05, 3.63) is 58.6 Å². The number of amides is 2. The Kier molecular flexibility index (Phi) is 9.93. The molecule has 0 aliphatic heterocycles. The van der Waals surface area contributed by atoms with Gasteiger partial charge in [0, 0.05) is 17.1 Å². The molecule has 10 heteroatoms. The average molecular weight is 555 g/mol. The fraction of sp³-hybridized carbons (Fsp3) is 0.417. The summed E-state index contributed by atoms with van der Waals surface area (Å²) in [4.78, 5) is 27.8. The number of hydrogen-bond donors (Lipinski definition) is 1. The normalized spacial score (nSPS) is 13.0. The lowest BCUT2D eigenvalue weighted by Crippen LogP contribution is -2.52. The average Bonchev–Trinajstić information content (AvgIpc) is 2.80. The maximum absolute atomic E-state index is 13.5. The van der Waals surface area contributed by atoms with Gasteiger partial charge < -0.3 is 15.0 Å². The zero-order valence-electron chi connectivity index (χ0n) is 20.1. The molecule has 0 bridgehead atoms. The largest absolute Gasteiger partial charge is 0.495 e. The molecule has 0 spiro atoms. The van der Waals surface area contributed by atoms with E-state index in [0.29, 0.717) is 5.75 Å². The highest BCUT2D eigenvalue weighted by atomic mass is 79.9. The van der Waals surface area contributed by atoms with Crippen LogP contribution in [0, 0.1) is 0 Å². The number of halogens is 1. The van der Waals surface area contributed by atoms with Crippen molar-refractivity contribution in [1.82, 2.24) is 10.2 Å². The van der Waals surface area contributed by atoms with Crippen molar-refractivity contribution in [2.75, 3.05) is 24.2 Å². The van der Waals surface area contributed by atoms with E-state index in [2.05, 4.69) is 21.2 Å². The molecule has 0 fully saturated rings. The first-order valence-corrected chi connectivity index (χ1v) is 13.6. The van der Waals surface area contributed by atoms with E-state index >= 15 is 0 Å². The number of sulfonamides is 1. The number of carbonyl (C=O) groups excluding carboxylic acids is 2. The lowest BCUT2D eigenvalue weighted by Gasteiger charge is -2.32. The molecule has 2 amide bonds. The van der Waals surface area contributed by atoms with Crippen LogP contribution in [-0.4, -0.2) is 57.1 Å². The van der Waals surface area contributed by atoms with Crippen LogP contribution >= 0.6 is 15.9 Å². The van der Waals surface area contributed by atoms with Crippen molar-refractivity contribution in [3.8, 4) is 5.75 Å². The topological polar surface area (TPSA) is 96.0 Å². The van der Waals surface area contributed by atoms with E-state index in [-0.39, 0.29) is 24.2 Å². The number of benzene rings is 2. The van der Waals surface area contributed by atoms with Gasteiger partial charge in [0.2, 0.25) is 21.8 Å². The number of ether oxygens (including phenoxy) is 1. The van der Waals surface area contributed by atoms with Gasteiger partial charge in [-0.15, -0.1) is 0 Å². The van der Waals surface area contributed by atoms with Crippen LogP contribution in [0.4, 0.5) is 5.69 Å². The third kappa shape index (κ3) is 7.46. The van der Waals surface area contributed by atoms with Gasteiger partial charge in [0.05, 0.1) is 19.1 Å². The van der Waals surface area contributed by atoms with Gasteiger partial charge in [-0.05, 0) is 50.1 Å². The molecule has 8 nitrogen and oxygen atoms in total. The van der Waals surface area contributed by atoms with Crippen LogP contribution in [0.5, 0.6) is 5.75 Å². The monoisotopic (exact) mass is 553 g/mol. The maximum Gasteiger partial charge on any atom is 0.244 e. The fourth-order valence-corrected chi connectivity index (χ4v) is 4.38. The second-order valence-corrected chi connectivity index (χ2v) is 10.9. The van der Waals surface area contributed by atoms with Crippen molar-refractivity contribution >= 4 is 43.5 Å². The number of methoxy groups -OCH3 is 1. The third-order valence-corrected chi connectivity index (χ3v) is 7.12. The molecule has 0 aliphatic rings. The van der Waals surface area contributed by atoms with Crippen LogP contribution in [0.1, 0.15) is 32.8 Å². The van der Waals surface area contributed by atoms with Gasteiger partial charge in [-0.3, -0.25) is 13.9 Å². The summed E-state index contributed by atoms with van der Waals surface area (Å²) in [6.07, 6.45) is 1.78. The SMILES string of the molecule is CC[C@H](C)NC(=O)[C@H](C)N(Cc1ccc(Br)cc1)C(=O)CN(c1ccccc1OC)S(C)(=O)=O. The summed E-state index contributed by atoms with van der Waals surface area (Å²) >= 11 is 3.39. The van der Waals surface area contributed by atoms with Crippen molar-refractivity contribution < 1.29 is 22.7 Å². The molecule has 1 N–H and O–H groups in total. The highest BCUT2D eigenvalue weighted by Gasteiger charge is 2.31. The van der Waals surface area contributed by atoms with E-state index in [1.807, 2.05) is 38.1 Å². The Morgan fingerprint density at radius 3 is 2.26 bits per heavy atom. The first kappa shape index (κ1) is 27.7. The summed E-state index contributed by atoms with van der Waals surface area (Å²) in [7, 11) is -2.39. The number of carbonyl (C=O) groups is 2. The van der Waals surface area contributed by atoms with Crippen LogP contribution in [0.25, 0.3) is 0 Å². The predicted octanol–water partition coefficient (Wildman–Crippen LogP) is 3.56. The molecule has 0 heterocycles. The minimum atomic E-state index is -3.83. The van der Waals surface area contributed by atoms with Crippen LogP contribution < -0.4 is 14.4 Å². The fourth-order valence-electron chi connectivity index (χ4n) is 3.27. The minimum Gasteiger partial charge on any atom is -0.495 e. The van der Waals surface area contributed by atoms with Gasteiger partial charge in [-0.1, -0.05) is 47.1 Å². The lowest BCUT2D eigenvalue weighted by atomic mass is 10.1. The Bertz CT molecular complexity index is 1090. The van der Waals surface area contributed by atoms with E-state index in [0.717, 1.165) is 27.0 Å². The molecule has 34 heavy (non-hydrogen) atoms. The van der Waals surface area contributed by atoms with Crippen molar-refractivity contribution in [1.29, 1.82) is 0 Å². The summed E-state index contributed by atoms with van der Waals surface area (Å²) in [6.45, 7) is 5.15. The van der Waals surface area contributed by atoms with Gasteiger partial charge >= 0.3 is 0 Å². The van der Waals surface area contributed by atoms with E-state index in [1.165, 1.54) is 12.0 Å². The molecule has 0 aromatic heterocycles. The molecular formula is C24H32BrN3O5S. The molecule has 0 unspecified atom stereocenters. The number of para-hydroxylation sites is 2. The highest BCUT2D eigenvalue weighted by molar-refractivity contribution is 9.10. The molecule has 2 atom stereocenters. The zero-order chi connectivity index (χ0) is 25.5. The van der Waals surface area contributed by atoms with Crippen LogP contribution in [0.15, 0.2) is 53.0 Å². The zero-order valence-corrected chi connectivity index (χ0v) is 22.5. The van der Waals surface area contributed by atoms with Gasteiger partial charge in [0.25, 0.3) is 0 Å². The first-order valence-electron chi connectivity index (χ1n) is 10.9. The smallest absolute Gasteiger partial charge is 0.244 e.